The van der Waals surface area contributed by atoms with Crippen molar-refractivity contribution < 1.29 is 23.5 Å². The van der Waals surface area contributed by atoms with Crippen molar-refractivity contribution in [1.29, 1.82) is 0 Å². The molecule has 1 aliphatic heterocycles. The Bertz CT molecular complexity index is 1040. The molecule has 2 aromatic carbocycles. The molecular formula is C24H24N2O5. The van der Waals surface area contributed by atoms with E-state index in [4.69, 9.17) is 13.9 Å². The summed E-state index contributed by atoms with van der Waals surface area (Å²) < 4.78 is 16.5. The third-order valence-corrected chi connectivity index (χ3v) is 5.03. The molecule has 7 nitrogen and oxygen atoms in total. The van der Waals surface area contributed by atoms with Gasteiger partial charge in [-0.3, -0.25) is 9.59 Å². The molecule has 0 bridgehead atoms. The molecule has 0 fully saturated rings. The normalized spacial score (nSPS) is 12.8. The molecular weight excluding hydrogens is 396 g/mol. The van der Waals surface area contributed by atoms with Crippen molar-refractivity contribution in [2.24, 2.45) is 0 Å². The van der Waals surface area contributed by atoms with Crippen LogP contribution in [-0.4, -0.2) is 31.6 Å². The van der Waals surface area contributed by atoms with E-state index in [9.17, 15) is 9.59 Å². The molecule has 3 aromatic rings. The molecule has 0 saturated carbocycles. The molecule has 0 atom stereocenters. The number of anilines is 2. The van der Waals surface area contributed by atoms with E-state index < -0.39 is 0 Å². The van der Waals surface area contributed by atoms with Crippen molar-refractivity contribution in [2.45, 2.75) is 19.8 Å². The zero-order valence-corrected chi connectivity index (χ0v) is 17.3. The highest BCUT2D eigenvalue weighted by atomic mass is 16.5. The van der Waals surface area contributed by atoms with Gasteiger partial charge in [-0.15, -0.1) is 0 Å². The first-order chi connectivity index (χ1) is 15.1. The average molecular weight is 420 g/mol. The Morgan fingerprint density at radius 2 is 2.00 bits per heavy atom. The Morgan fingerprint density at radius 3 is 2.74 bits per heavy atom. The van der Waals surface area contributed by atoms with Gasteiger partial charge in [0, 0.05) is 12.2 Å². The van der Waals surface area contributed by atoms with E-state index in [1.807, 2.05) is 12.1 Å². The highest BCUT2D eigenvalue weighted by Crippen LogP contribution is 2.34. The number of rotatable bonds is 8. The molecule has 0 spiro atoms. The van der Waals surface area contributed by atoms with Gasteiger partial charge in [-0.05, 0) is 60.9 Å². The first kappa shape index (κ1) is 20.5. The molecule has 2 heterocycles. The summed E-state index contributed by atoms with van der Waals surface area (Å²) >= 11 is 0. The van der Waals surface area contributed by atoms with Crippen LogP contribution in [0.1, 0.15) is 29.5 Å². The fourth-order valence-electron chi connectivity index (χ4n) is 3.36. The number of nitrogens with zero attached hydrogens (tertiary/aromatic N) is 1. The van der Waals surface area contributed by atoms with Crippen molar-refractivity contribution in [3.05, 3.63) is 72.2 Å². The Labute approximate surface area is 180 Å². The number of amides is 2. The lowest BCUT2D eigenvalue weighted by Crippen LogP contribution is -2.39. The predicted molar refractivity (Wildman–Crippen MR) is 117 cm³/mol. The van der Waals surface area contributed by atoms with Crippen LogP contribution in [0.4, 0.5) is 11.4 Å². The van der Waals surface area contributed by atoms with Gasteiger partial charge >= 0.3 is 0 Å². The second kappa shape index (κ2) is 9.38. The molecule has 1 aliphatic rings. The zero-order valence-electron chi connectivity index (χ0n) is 17.3. The quantitative estimate of drug-likeness (QED) is 0.550. The van der Waals surface area contributed by atoms with E-state index in [1.165, 1.54) is 11.8 Å². The third kappa shape index (κ3) is 4.88. The number of ether oxygens (including phenoxy) is 2. The van der Waals surface area contributed by atoms with E-state index in [0.717, 1.165) is 12.2 Å². The molecule has 2 amide bonds. The maximum absolute atomic E-state index is 12.5. The highest BCUT2D eigenvalue weighted by molar-refractivity contribution is 6.03. The van der Waals surface area contributed by atoms with Gasteiger partial charge in [0.05, 0.1) is 18.6 Å². The van der Waals surface area contributed by atoms with Gasteiger partial charge in [0.25, 0.3) is 11.8 Å². The Hall–Kier alpha value is -3.74. The first-order valence-corrected chi connectivity index (χ1v) is 10.3. The Balaban J connectivity index is 1.39. The first-order valence-electron chi connectivity index (χ1n) is 10.3. The predicted octanol–water partition coefficient (Wildman–Crippen LogP) is 4.29. The van der Waals surface area contributed by atoms with Gasteiger partial charge in [0.15, 0.2) is 12.4 Å². The van der Waals surface area contributed by atoms with E-state index in [2.05, 4.69) is 24.4 Å². The summed E-state index contributed by atoms with van der Waals surface area (Å²) in [4.78, 5) is 26.4. The van der Waals surface area contributed by atoms with Crippen LogP contribution in [-0.2, 0) is 11.2 Å². The maximum atomic E-state index is 12.5. The van der Waals surface area contributed by atoms with Gasteiger partial charge in [0.2, 0.25) is 0 Å². The number of nitrogens with one attached hydrogen (secondary N) is 1. The van der Waals surface area contributed by atoms with E-state index in [-0.39, 0.29) is 24.2 Å². The number of benzene rings is 2. The van der Waals surface area contributed by atoms with Crippen molar-refractivity contribution in [3.8, 4) is 11.5 Å². The largest absolute Gasteiger partial charge is 0.494 e. The van der Waals surface area contributed by atoms with E-state index in [0.29, 0.717) is 36.7 Å². The molecule has 0 unspecified atom stereocenters. The van der Waals surface area contributed by atoms with Gasteiger partial charge in [-0.25, -0.2) is 0 Å². The molecule has 160 valence electrons. The van der Waals surface area contributed by atoms with E-state index in [1.54, 1.807) is 35.2 Å². The molecule has 7 heteroatoms. The van der Waals surface area contributed by atoms with Crippen LogP contribution < -0.4 is 19.7 Å². The maximum Gasteiger partial charge on any atom is 0.291 e. The summed E-state index contributed by atoms with van der Waals surface area (Å²) in [5.41, 5.74) is 2.44. The minimum atomic E-state index is -0.359. The van der Waals surface area contributed by atoms with Crippen molar-refractivity contribution in [3.63, 3.8) is 0 Å². The lowest BCUT2D eigenvalue weighted by atomic mass is 10.2. The molecule has 1 N–H and O–H groups in total. The van der Waals surface area contributed by atoms with Crippen LogP contribution in [0.25, 0.3) is 0 Å². The van der Waals surface area contributed by atoms with Gasteiger partial charge in [-0.1, -0.05) is 19.1 Å². The summed E-state index contributed by atoms with van der Waals surface area (Å²) in [7, 11) is 0. The Kier molecular flexibility index (Phi) is 6.21. The minimum absolute atomic E-state index is 0.00949. The standard InChI is InChI=1S/C24H24N2O5/c1-2-17-6-9-19(10-7-17)29-14-4-12-26-20-15-18(8-11-21(20)31-16-23(26)27)25-24(28)22-5-3-13-30-22/h3,5-11,13,15H,2,4,12,14,16H2,1H3,(H,25,28). The topological polar surface area (TPSA) is 81.0 Å². The van der Waals surface area contributed by atoms with Crippen LogP contribution in [0.5, 0.6) is 11.5 Å². The van der Waals surface area contributed by atoms with Crippen LogP contribution in [0, 0.1) is 0 Å². The van der Waals surface area contributed by atoms with Gasteiger partial charge < -0.3 is 24.1 Å². The van der Waals surface area contributed by atoms with Crippen molar-refractivity contribution in [2.75, 3.05) is 30.0 Å². The van der Waals surface area contributed by atoms with Crippen LogP contribution in [0.2, 0.25) is 0 Å². The number of hydrogen-bond donors (Lipinski definition) is 1. The second-order valence-corrected chi connectivity index (χ2v) is 7.15. The summed E-state index contributed by atoms with van der Waals surface area (Å²) in [5.74, 6) is 1.14. The number of aryl methyl sites for hydroxylation is 1. The number of furan rings is 1. The van der Waals surface area contributed by atoms with E-state index >= 15 is 0 Å². The summed E-state index contributed by atoms with van der Waals surface area (Å²) in [5, 5.41) is 2.78. The number of carbonyl (C=O) groups excluding carboxylic acids is 2. The molecule has 1 aromatic heterocycles. The van der Waals surface area contributed by atoms with Gasteiger partial charge in [0.1, 0.15) is 11.5 Å². The average Bonchev–Trinajstić information content (AvgIpc) is 3.33. The van der Waals surface area contributed by atoms with Crippen LogP contribution >= 0.6 is 0 Å². The van der Waals surface area contributed by atoms with Gasteiger partial charge in [-0.2, -0.15) is 0 Å². The molecule has 4 rings (SSSR count). The SMILES string of the molecule is CCc1ccc(OCCCN2C(=O)COc3ccc(NC(=O)c4ccco4)cc32)cc1. The Morgan fingerprint density at radius 1 is 1.16 bits per heavy atom. The van der Waals surface area contributed by atoms with Crippen molar-refractivity contribution in [1.82, 2.24) is 0 Å². The number of hydrogen-bond acceptors (Lipinski definition) is 5. The molecule has 0 radical (unpaired) electrons. The summed E-state index contributed by atoms with van der Waals surface area (Å²) in [6.45, 7) is 3.07. The third-order valence-electron chi connectivity index (χ3n) is 5.03. The summed E-state index contributed by atoms with van der Waals surface area (Å²) in [6, 6.07) is 16.5. The van der Waals surface area contributed by atoms with Crippen LogP contribution in [0.3, 0.4) is 0 Å². The smallest absolute Gasteiger partial charge is 0.291 e. The lowest BCUT2D eigenvalue weighted by Gasteiger charge is -2.29. The second-order valence-electron chi connectivity index (χ2n) is 7.15. The monoisotopic (exact) mass is 420 g/mol. The van der Waals surface area contributed by atoms with Crippen molar-refractivity contribution >= 4 is 23.2 Å². The fourth-order valence-corrected chi connectivity index (χ4v) is 3.36. The molecule has 0 aliphatic carbocycles. The zero-order chi connectivity index (χ0) is 21.6. The molecule has 31 heavy (non-hydrogen) atoms. The van der Waals surface area contributed by atoms with Crippen LogP contribution in [0.15, 0.2) is 65.3 Å². The molecule has 0 saturated heterocycles. The number of fused-ring (bicyclic) bond motifs is 1. The lowest BCUT2D eigenvalue weighted by molar-refractivity contribution is -0.121. The highest BCUT2D eigenvalue weighted by Gasteiger charge is 2.26. The number of carbonyl (C=O) groups is 2. The fraction of sp³-hybridized carbons (Fsp3) is 0.250. The summed E-state index contributed by atoms with van der Waals surface area (Å²) in [6.07, 6.45) is 3.09. The minimum Gasteiger partial charge on any atom is -0.494 e.